The molecule has 1 aliphatic heterocycles. The van der Waals surface area contributed by atoms with E-state index in [0.717, 1.165) is 48.7 Å². The van der Waals surface area contributed by atoms with Crippen LogP contribution in [0.1, 0.15) is 61.2 Å². The Morgan fingerprint density at radius 2 is 1.94 bits per heavy atom. The van der Waals surface area contributed by atoms with E-state index in [1.165, 1.54) is 27.7 Å². The molecule has 5 rings (SSSR count). The molecule has 4 heterocycles. The van der Waals surface area contributed by atoms with Crippen LogP contribution in [0, 0.1) is 13.8 Å². The van der Waals surface area contributed by atoms with Crippen molar-refractivity contribution in [2.45, 2.75) is 52.4 Å². The highest BCUT2D eigenvalue weighted by molar-refractivity contribution is 5.92. The molecule has 1 amide bonds. The number of nitrogens with one attached hydrogen (secondary N) is 2. The molecule has 4 aromatic rings. The maximum Gasteiger partial charge on any atom is 0.236 e. The molecule has 0 spiro atoms. The van der Waals surface area contributed by atoms with Gasteiger partial charge < -0.3 is 15.2 Å². The highest BCUT2D eigenvalue weighted by Gasteiger charge is 2.25. The van der Waals surface area contributed by atoms with E-state index in [9.17, 15) is 4.79 Å². The van der Waals surface area contributed by atoms with Crippen LogP contribution in [-0.2, 0) is 4.79 Å². The van der Waals surface area contributed by atoms with Gasteiger partial charge in [0.2, 0.25) is 5.91 Å². The Kier molecular flexibility index (Phi) is 5.90. The fraction of sp³-hybridized carbons (Fsp3) is 0.444. The van der Waals surface area contributed by atoms with E-state index >= 15 is 0 Å². The second-order valence-electron chi connectivity index (χ2n) is 9.82. The molecule has 3 aromatic heterocycles. The number of benzene rings is 1. The van der Waals surface area contributed by atoms with Crippen LogP contribution in [0.5, 0.6) is 0 Å². The lowest BCUT2D eigenvalue weighted by Gasteiger charge is -2.32. The van der Waals surface area contributed by atoms with Gasteiger partial charge in [0.05, 0.1) is 17.9 Å². The minimum Gasteiger partial charge on any atom is -0.354 e. The number of aromatic amines is 1. The first-order valence-corrected chi connectivity index (χ1v) is 12.3. The number of pyridine rings is 1. The summed E-state index contributed by atoms with van der Waals surface area (Å²) in [4.78, 5) is 22.5. The van der Waals surface area contributed by atoms with Crippen molar-refractivity contribution >= 4 is 22.5 Å². The van der Waals surface area contributed by atoms with E-state index in [2.05, 4.69) is 65.4 Å². The van der Waals surface area contributed by atoms with E-state index in [1.54, 1.807) is 0 Å². The molecule has 1 saturated heterocycles. The standard InChI is InChI=1S/C27H34N6O/c1-16(2)26-22-14-20(19-10-12-32(13-11-19)25(34)15-28-5)6-8-23(22)30-27(26)21-7-9-24-29-18(4)31-33(24)17(21)3/h6-9,14,16,19,28,30H,10-13,15H2,1-5H3. The SMILES string of the molecule is CNCC(=O)N1CCC(c2ccc3[nH]c(-c4ccc5nc(C)nn5c4C)c(C(C)C)c3c2)CC1. The molecule has 7 nitrogen and oxygen atoms in total. The molecular weight excluding hydrogens is 424 g/mol. The van der Waals surface area contributed by atoms with Gasteiger partial charge >= 0.3 is 0 Å². The molecule has 0 aliphatic carbocycles. The van der Waals surface area contributed by atoms with Gasteiger partial charge in [0.1, 0.15) is 5.82 Å². The van der Waals surface area contributed by atoms with Crippen molar-refractivity contribution in [1.82, 2.24) is 29.8 Å². The number of piperidine rings is 1. The number of aryl methyl sites for hydroxylation is 2. The van der Waals surface area contributed by atoms with Crippen molar-refractivity contribution in [1.29, 1.82) is 0 Å². The van der Waals surface area contributed by atoms with Gasteiger partial charge in [-0.25, -0.2) is 9.50 Å². The Bertz CT molecular complexity index is 1360. The topological polar surface area (TPSA) is 78.3 Å². The summed E-state index contributed by atoms with van der Waals surface area (Å²) in [6.07, 6.45) is 2.02. The summed E-state index contributed by atoms with van der Waals surface area (Å²) in [5, 5.41) is 8.86. The van der Waals surface area contributed by atoms with Gasteiger partial charge in [0, 0.05) is 29.6 Å². The largest absolute Gasteiger partial charge is 0.354 e. The van der Waals surface area contributed by atoms with Crippen LogP contribution in [0.2, 0.25) is 0 Å². The summed E-state index contributed by atoms with van der Waals surface area (Å²) < 4.78 is 1.94. The summed E-state index contributed by atoms with van der Waals surface area (Å²) in [7, 11) is 1.82. The quantitative estimate of drug-likeness (QED) is 0.460. The van der Waals surface area contributed by atoms with Crippen LogP contribution < -0.4 is 5.32 Å². The zero-order valence-corrected chi connectivity index (χ0v) is 20.8. The lowest BCUT2D eigenvalue weighted by Crippen LogP contribution is -2.41. The number of rotatable bonds is 5. The summed E-state index contributed by atoms with van der Waals surface area (Å²) >= 11 is 0. The average molecular weight is 459 g/mol. The molecule has 2 N–H and O–H groups in total. The maximum absolute atomic E-state index is 12.2. The number of aromatic nitrogens is 4. The van der Waals surface area contributed by atoms with Crippen molar-refractivity contribution in [2.24, 2.45) is 0 Å². The summed E-state index contributed by atoms with van der Waals surface area (Å²) in [6.45, 7) is 10.6. The first-order valence-electron chi connectivity index (χ1n) is 12.3. The van der Waals surface area contributed by atoms with Gasteiger partial charge in [-0.2, -0.15) is 5.10 Å². The number of carbonyl (C=O) groups excluding carboxylic acids is 1. The first kappa shape index (κ1) is 22.6. The molecule has 0 bridgehead atoms. The van der Waals surface area contributed by atoms with Crippen molar-refractivity contribution in [2.75, 3.05) is 26.7 Å². The minimum atomic E-state index is 0.198. The highest BCUT2D eigenvalue weighted by atomic mass is 16.2. The molecule has 0 unspecified atom stereocenters. The zero-order chi connectivity index (χ0) is 24.0. The fourth-order valence-corrected chi connectivity index (χ4v) is 5.46. The Hall–Kier alpha value is -3.19. The van der Waals surface area contributed by atoms with E-state index in [1.807, 2.05) is 29.5 Å². The Labute approximate surface area is 200 Å². The van der Waals surface area contributed by atoms with Gasteiger partial charge in [-0.05, 0) is 81.0 Å². The number of carbonyl (C=O) groups is 1. The molecule has 7 heteroatoms. The average Bonchev–Trinajstić information content (AvgIpc) is 3.39. The lowest BCUT2D eigenvalue weighted by molar-refractivity contribution is -0.131. The number of nitrogens with zero attached hydrogens (tertiary/aromatic N) is 4. The van der Waals surface area contributed by atoms with Crippen molar-refractivity contribution in [3.63, 3.8) is 0 Å². The summed E-state index contributed by atoms with van der Waals surface area (Å²) in [5.74, 6) is 1.83. The molecule has 178 valence electrons. The van der Waals surface area contributed by atoms with Crippen LogP contribution in [-0.4, -0.2) is 57.1 Å². The van der Waals surface area contributed by atoms with Gasteiger partial charge in [-0.1, -0.05) is 19.9 Å². The Morgan fingerprint density at radius 1 is 1.18 bits per heavy atom. The lowest BCUT2D eigenvalue weighted by atomic mass is 9.87. The number of likely N-dealkylation sites (tertiary alicyclic amines) is 1. The number of H-pyrrole nitrogens is 1. The van der Waals surface area contributed by atoms with Crippen LogP contribution in [0.15, 0.2) is 30.3 Å². The second-order valence-corrected chi connectivity index (χ2v) is 9.82. The molecule has 34 heavy (non-hydrogen) atoms. The van der Waals surface area contributed by atoms with Gasteiger partial charge in [-0.15, -0.1) is 0 Å². The van der Waals surface area contributed by atoms with Crippen LogP contribution in [0.3, 0.4) is 0 Å². The third-order valence-corrected chi connectivity index (χ3v) is 7.20. The predicted octanol–water partition coefficient (Wildman–Crippen LogP) is 4.54. The number of amides is 1. The van der Waals surface area contributed by atoms with Crippen LogP contribution in [0.25, 0.3) is 27.8 Å². The van der Waals surface area contributed by atoms with Crippen molar-refractivity contribution in [3.8, 4) is 11.3 Å². The molecule has 0 radical (unpaired) electrons. The molecular formula is C27H34N6O. The number of hydrogen-bond donors (Lipinski definition) is 2. The van der Waals surface area contributed by atoms with Crippen LogP contribution >= 0.6 is 0 Å². The van der Waals surface area contributed by atoms with E-state index < -0.39 is 0 Å². The third-order valence-electron chi connectivity index (χ3n) is 7.20. The van der Waals surface area contributed by atoms with E-state index in [-0.39, 0.29) is 5.91 Å². The Balaban J connectivity index is 1.51. The number of hydrogen-bond acceptors (Lipinski definition) is 4. The van der Waals surface area contributed by atoms with Gasteiger partial charge in [0.15, 0.2) is 5.65 Å². The zero-order valence-electron chi connectivity index (χ0n) is 20.8. The molecule has 1 fully saturated rings. The van der Waals surface area contributed by atoms with Crippen molar-refractivity contribution in [3.05, 3.63) is 53.0 Å². The Morgan fingerprint density at radius 3 is 2.65 bits per heavy atom. The van der Waals surface area contributed by atoms with Gasteiger partial charge in [-0.3, -0.25) is 4.79 Å². The molecule has 1 aliphatic rings. The van der Waals surface area contributed by atoms with Gasteiger partial charge in [0.25, 0.3) is 0 Å². The second kappa shape index (κ2) is 8.87. The monoisotopic (exact) mass is 458 g/mol. The predicted molar refractivity (Wildman–Crippen MR) is 136 cm³/mol. The van der Waals surface area contributed by atoms with Crippen molar-refractivity contribution < 1.29 is 4.79 Å². The third kappa shape index (κ3) is 3.88. The summed E-state index contributed by atoms with van der Waals surface area (Å²) in [5.41, 5.74) is 8.18. The molecule has 0 atom stereocenters. The normalized spacial score (nSPS) is 15.2. The van der Waals surface area contributed by atoms with E-state index in [4.69, 9.17) is 0 Å². The minimum absolute atomic E-state index is 0.198. The molecule has 0 saturated carbocycles. The summed E-state index contributed by atoms with van der Waals surface area (Å²) in [6, 6.07) is 11.1. The van der Waals surface area contributed by atoms with Crippen LogP contribution in [0.4, 0.5) is 0 Å². The molecule has 1 aromatic carbocycles. The highest BCUT2D eigenvalue weighted by Crippen LogP contribution is 2.39. The fourth-order valence-electron chi connectivity index (χ4n) is 5.46. The first-order chi connectivity index (χ1) is 16.4. The smallest absolute Gasteiger partial charge is 0.236 e. The van der Waals surface area contributed by atoms with E-state index in [0.29, 0.717) is 18.4 Å². The maximum atomic E-state index is 12.2. The number of fused-ring (bicyclic) bond motifs is 2. The number of likely N-dealkylation sites (N-methyl/N-ethyl adjacent to an activating group) is 1.